The lowest BCUT2D eigenvalue weighted by molar-refractivity contribution is 0.0669. The summed E-state index contributed by atoms with van der Waals surface area (Å²) in [5, 5.41) is 9.94. The third-order valence-corrected chi connectivity index (χ3v) is 6.85. The molecule has 1 N–H and O–H groups in total. The highest BCUT2D eigenvalue weighted by molar-refractivity contribution is 7.22. The first kappa shape index (κ1) is 21.3. The number of methoxy groups -OCH3 is 1. The third kappa shape index (κ3) is 3.60. The molecule has 0 spiro atoms. The molecule has 2 aromatic carbocycles. The summed E-state index contributed by atoms with van der Waals surface area (Å²) in [6, 6.07) is 5.28. The lowest BCUT2D eigenvalue weighted by Crippen LogP contribution is -2.44. The van der Waals surface area contributed by atoms with Crippen LogP contribution in [0.5, 0.6) is 11.6 Å². The summed E-state index contributed by atoms with van der Waals surface area (Å²) >= 11 is 1.44. The Morgan fingerprint density at radius 1 is 1.33 bits per heavy atom. The molecule has 0 bridgehead atoms. The molecule has 0 fully saturated rings. The van der Waals surface area contributed by atoms with E-state index in [9.17, 15) is 14.3 Å². The van der Waals surface area contributed by atoms with Crippen LogP contribution in [-0.2, 0) is 6.42 Å². The fraction of sp³-hybridized carbons (Fsp3) is 0.304. The van der Waals surface area contributed by atoms with Crippen LogP contribution in [0, 0.1) is 12.7 Å². The van der Waals surface area contributed by atoms with Crippen molar-refractivity contribution in [3.05, 3.63) is 41.3 Å². The van der Waals surface area contributed by atoms with Gasteiger partial charge in [-0.25, -0.2) is 24.1 Å². The van der Waals surface area contributed by atoms with Crippen molar-refractivity contribution in [3.63, 3.8) is 0 Å². The van der Waals surface area contributed by atoms with E-state index in [-0.39, 0.29) is 12.3 Å². The summed E-state index contributed by atoms with van der Waals surface area (Å²) in [6.45, 7) is 3.87. The van der Waals surface area contributed by atoms with Crippen LogP contribution in [-0.4, -0.2) is 57.4 Å². The number of hydrogen-bond acceptors (Lipinski definition) is 7. The molecule has 1 atom stereocenters. The molecule has 0 unspecified atom stereocenters. The molecule has 0 radical (unpaired) electrons. The number of aryl methyl sites for hydroxylation is 1. The van der Waals surface area contributed by atoms with Crippen LogP contribution in [0.3, 0.4) is 0 Å². The van der Waals surface area contributed by atoms with E-state index in [1.807, 2.05) is 19.1 Å². The second-order valence-electron chi connectivity index (χ2n) is 8.49. The zero-order valence-electron chi connectivity index (χ0n) is 18.5. The van der Waals surface area contributed by atoms with Gasteiger partial charge in [-0.15, -0.1) is 11.3 Å². The minimum absolute atomic E-state index is 0.115. The average Bonchev–Trinajstić information content (AvgIpc) is 3.33. The van der Waals surface area contributed by atoms with Crippen molar-refractivity contribution in [1.29, 1.82) is 0 Å². The molecule has 1 amide bonds. The quantitative estimate of drug-likeness (QED) is 0.465. The van der Waals surface area contributed by atoms with Crippen LogP contribution in [0.1, 0.15) is 18.1 Å². The molecular weight excluding hydrogens is 447 g/mol. The predicted octanol–water partition coefficient (Wildman–Crippen LogP) is 4.67. The number of amides is 1. The molecule has 170 valence electrons. The summed E-state index contributed by atoms with van der Waals surface area (Å²) < 4.78 is 26.9. The number of likely N-dealkylation sites (N-methyl/N-ethyl adjacent to an activating group) is 1. The topological polar surface area (TPSA) is 97.7 Å². The maximum atomic E-state index is 14.9. The Labute approximate surface area is 192 Å². The van der Waals surface area contributed by atoms with Crippen LogP contribution in [0.15, 0.2) is 24.4 Å². The second-order valence-corrected chi connectivity index (χ2v) is 9.49. The highest BCUT2D eigenvalue weighted by Gasteiger charge is 2.40. The van der Waals surface area contributed by atoms with E-state index in [4.69, 9.17) is 14.5 Å². The first-order chi connectivity index (χ1) is 15.7. The number of hydrogen-bond donors (Lipinski definition) is 1. The van der Waals surface area contributed by atoms with E-state index >= 15 is 0 Å². The molecule has 0 aliphatic carbocycles. The molecule has 2 aromatic heterocycles. The SMILES string of the molecule is COc1cnc2c(-c3nc4cc(F)c5c(c4s3)C[C@@](C)(CN(C)C(=O)O)O5)cc(C)cc2n1. The van der Waals surface area contributed by atoms with Gasteiger partial charge in [0.1, 0.15) is 10.6 Å². The fourth-order valence-corrected chi connectivity index (χ4v) is 5.39. The van der Waals surface area contributed by atoms with Gasteiger partial charge >= 0.3 is 6.09 Å². The van der Waals surface area contributed by atoms with Gasteiger partial charge < -0.3 is 19.5 Å². The first-order valence-electron chi connectivity index (χ1n) is 10.2. The van der Waals surface area contributed by atoms with Crippen molar-refractivity contribution >= 4 is 38.7 Å². The molecule has 10 heteroatoms. The molecule has 0 saturated heterocycles. The van der Waals surface area contributed by atoms with E-state index in [0.717, 1.165) is 20.7 Å². The van der Waals surface area contributed by atoms with Gasteiger partial charge in [0, 0.05) is 30.7 Å². The van der Waals surface area contributed by atoms with Gasteiger partial charge in [-0.2, -0.15) is 0 Å². The standard InChI is InChI=1S/C23H21FN4O4S/c1-11-5-12(18-15(6-11)26-17(31-4)9-25-18)21-27-16-7-14(24)19-13(20(16)33-21)8-23(2,32-19)10-28(3)22(29)30/h5-7,9H,8,10H2,1-4H3,(H,29,30)/t23-/m0/s1. The first-order valence-corrected chi connectivity index (χ1v) is 11.1. The van der Waals surface area contributed by atoms with Gasteiger partial charge in [0.05, 0.1) is 41.1 Å². The summed E-state index contributed by atoms with van der Waals surface area (Å²) in [6.07, 6.45) is 0.872. The molecule has 1 aliphatic heterocycles. The number of rotatable bonds is 4. The minimum atomic E-state index is -1.06. The van der Waals surface area contributed by atoms with Gasteiger partial charge in [0.25, 0.3) is 0 Å². The smallest absolute Gasteiger partial charge is 0.407 e. The number of carbonyl (C=O) groups is 1. The van der Waals surface area contributed by atoms with Crippen LogP contribution in [0.4, 0.5) is 9.18 Å². The van der Waals surface area contributed by atoms with E-state index in [0.29, 0.717) is 39.4 Å². The fourth-order valence-electron chi connectivity index (χ4n) is 4.29. The monoisotopic (exact) mass is 468 g/mol. The molecule has 4 aromatic rings. The van der Waals surface area contributed by atoms with Gasteiger partial charge in [-0.1, -0.05) is 0 Å². The van der Waals surface area contributed by atoms with E-state index < -0.39 is 17.5 Å². The summed E-state index contributed by atoms with van der Waals surface area (Å²) in [5.74, 6) is 0.0818. The number of aromatic nitrogens is 3. The van der Waals surface area contributed by atoms with Crippen molar-refractivity contribution < 1.29 is 23.8 Å². The predicted molar refractivity (Wildman–Crippen MR) is 123 cm³/mol. The van der Waals surface area contributed by atoms with Gasteiger partial charge in [-0.3, -0.25) is 0 Å². The van der Waals surface area contributed by atoms with Crippen LogP contribution in [0.25, 0.3) is 31.8 Å². The summed E-state index contributed by atoms with van der Waals surface area (Å²) in [5.41, 5.74) is 3.54. The number of fused-ring (bicyclic) bond motifs is 4. The lowest BCUT2D eigenvalue weighted by atomic mass is 9.98. The van der Waals surface area contributed by atoms with E-state index in [1.165, 1.54) is 24.5 Å². The van der Waals surface area contributed by atoms with Gasteiger partial charge in [0.15, 0.2) is 11.6 Å². The van der Waals surface area contributed by atoms with Crippen molar-refractivity contribution in [3.8, 4) is 22.2 Å². The molecular formula is C23H21FN4O4S. The Morgan fingerprint density at radius 3 is 2.85 bits per heavy atom. The molecule has 1 aliphatic rings. The van der Waals surface area contributed by atoms with Crippen molar-refractivity contribution in [2.45, 2.75) is 25.9 Å². The number of halogens is 1. The summed E-state index contributed by atoms with van der Waals surface area (Å²) in [4.78, 5) is 26.1. The number of ether oxygens (including phenoxy) is 2. The van der Waals surface area contributed by atoms with Crippen LogP contribution >= 0.6 is 11.3 Å². The normalized spacial score (nSPS) is 17.2. The molecule has 0 saturated carbocycles. The highest BCUT2D eigenvalue weighted by Crippen LogP contribution is 2.45. The average molecular weight is 469 g/mol. The van der Waals surface area contributed by atoms with Gasteiger partial charge in [-0.05, 0) is 31.5 Å². The largest absolute Gasteiger partial charge is 0.482 e. The van der Waals surface area contributed by atoms with Crippen molar-refractivity contribution in [2.24, 2.45) is 0 Å². The Kier molecular flexibility index (Phi) is 4.86. The zero-order valence-corrected chi connectivity index (χ0v) is 19.3. The zero-order chi connectivity index (χ0) is 23.5. The lowest BCUT2D eigenvalue weighted by Gasteiger charge is -2.28. The van der Waals surface area contributed by atoms with E-state index in [1.54, 1.807) is 20.2 Å². The Hall–Kier alpha value is -3.53. The minimum Gasteiger partial charge on any atom is -0.482 e. The van der Waals surface area contributed by atoms with Crippen molar-refractivity contribution in [1.82, 2.24) is 19.9 Å². The maximum Gasteiger partial charge on any atom is 0.407 e. The molecule has 3 heterocycles. The second kappa shape index (κ2) is 7.51. The van der Waals surface area contributed by atoms with Crippen molar-refractivity contribution in [2.75, 3.05) is 20.7 Å². The Morgan fingerprint density at radius 2 is 2.12 bits per heavy atom. The van der Waals surface area contributed by atoms with Crippen LogP contribution < -0.4 is 9.47 Å². The number of benzene rings is 2. The highest BCUT2D eigenvalue weighted by atomic mass is 32.1. The third-order valence-electron chi connectivity index (χ3n) is 5.69. The Bertz CT molecular complexity index is 1440. The molecule has 5 rings (SSSR count). The molecule has 33 heavy (non-hydrogen) atoms. The van der Waals surface area contributed by atoms with Gasteiger partial charge in [0.2, 0.25) is 5.88 Å². The molecule has 8 nitrogen and oxygen atoms in total. The maximum absolute atomic E-state index is 14.9. The number of thiazole rings is 1. The summed E-state index contributed by atoms with van der Waals surface area (Å²) in [7, 11) is 3.01. The van der Waals surface area contributed by atoms with Crippen LogP contribution in [0.2, 0.25) is 0 Å². The van der Waals surface area contributed by atoms with E-state index in [2.05, 4.69) is 9.97 Å². The number of nitrogens with zero attached hydrogens (tertiary/aromatic N) is 4. The number of carboxylic acid groups (broad SMARTS) is 1. The Balaban J connectivity index is 1.62.